The molecular formula is C14H19NO. The first-order valence-electron chi connectivity index (χ1n) is 6.02. The summed E-state index contributed by atoms with van der Waals surface area (Å²) in [4.78, 5) is 11.0. The summed E-state index contributed by atoms with van der Waals surface area (Å²) < 4.78 is 0. The summed E-state index contributed by atoms with van der Waals surface area (Å²) in [7, 11) is 0. The number of carbonyl (C=O) groups excluding carboxylic acids is 1. The Hall–Kier alpha value is -1.31. The van der Waals surface area contributed by atoms with Crippen LogP contribution in [0.5, 0.6) is 0 Å². The minimum Gasteiger partial charge on any atom is -0.370 e. The smallest absolute Gasteiger partial charge is 0.218 e. The molecule has 0 radical (unpaired) electrons. The first-order chi connectivity index (χ1) is 7.61. The molecule has 2 N–H and O–H groups in total. The Bertz CT molecular complexity index is 411. The summed E-state index contributed by atoms with van der Waals surface area (Å²) in [6, 6.07) is 6.67. The van der Waals surface area contributed by atoms with E-state index >= 15 is 0 Å². The lowest BCUT2D eigenvalue weighted by Crippen LogP contribution is -2.14. The van der Waals surface area contributed by atoms with E-state index in [0.29, 0.717) is 18.3 Å². The summed E-state index contributed by atoms with van der Waals surface area (Å²) in [5.74, 6) is 0.714. The fourth-order valence-electron chi connectivity index (χ4n) is 2.76. The Morgan fingerprint density at radius 3 is 2.81 bits per heavy atom. The average Bonchev–Trinajstić information content (AvgIpc) is 2.54. The van der Waals surface area contributed by atoms with E-state index in [1.54, 1.807) is 0 Å². The maximum Gasteiger partial charge on any atom is 0.218 e. The third-order valence-corrected chi connectivity index (χ3v) is 3.62. The molecule has 16 heavy (non-hydrogen) atoms. The van der Waals surface area contributed by atoms with E-state index in [0.717, 1.165) is 12.8 Å². The Morgan fingerprint density at radius 1 is 1.44 bits per heavy atom. The van der Waals surface area contributed by atoms with Crippen molar-refractivity contribution in [3.63, 3.8) is 0 Å². The monoisotopic (exact) mass is 217 g/mol. The quantitative estimate of drug-likeness (QED) is 0.831. The van der Waals surface area contributed by atoms with Crippen LogP contribution in [0.4, 0.5) is 0 Å². The van der Waals surface area contributed by atoms with Crippen LogP contribution >= 0.6 is 0 Å². The van der Waals surface area contributed by atoms with E-state index < -0.39 is 0 Å². The van der Waals surface area contributed by atoms with Crippen molar-refractivity contribution in [2.75, 3.05) is 0 Å². The summed E-state index contributed by atoms with van der Waals surface area (Å²) in [6.07, 6.45) is 2.60. The standard InChI is InChI=1S/C14H19NO/c1-3-10-4-5-12-9(2)6-11(8-14(15)16)13(12)7-10/h4-5,7,9,11H,3,6,8H2,1-2H3,(H2,15,16). The first-order valence-corrected chi connectivity index (χ1v) is 6.02. The number of primary amides is 1. The topological polar surface area (TPSA) is 43.1 Å². The van der Waals surface area contributed by atoms with Crippen LogP contribution < -0.4 is 5.73 Å². The van der Waals surface area contributed by atoms with E-state index in [4.69, 9.17) is 5.73 Å². The molecule has 0 bridgehead atoms. The number of rotatable bonds is 3. The Labute approximate surface area is 96.8 Å². The summed E-state index contributed by atoms with van der Waals surface area (Å²) in [5.41, 5.74) is 9.41. The zero-order valence-electron chi connectivity index (χ0n) is 9.99. The van der Waals surface area contributed by atoms with E-state index in [2.05, 4.69) is 32.0 Å². The number of hydrogen-bond acceptors (Lipinski definition) is 1. The predicted molar refractivity (Wildman–Crippen MR) is 65.4 cm³/mol. The van der Waals surface area contributed by atoms with Crippen LogP contribution in [0.1, 0.15) is 55.2 Å². The van der Waals surface area contributed by atoms with E-state index in [9.17, 15) is 4.79 Å². The molecule has 0 spiro atoms. The number of nitrogens with two attached hydrogens (primary N) is 1. The van der Waals surface area contributed by atoms with E-state index in [1.165, 1.54) is 16.7 Å². The van der Waals surface area contributed by atoms with Gasteiger partial charge in [-0.25, -0.2) is 0 Å². The molecule has 1 aliphatic rings. The second-order valence-electron chi connectivity index (χ2n) is 4.82. The van der Waals surface area contributed by atoms with Crippen LogP contribution in [-0.4, -0.2) is 5.91 Å². The van der Waals surface area contributed by atoms with Gasteiger partial charge in [-0.15, -0.1) is 0 Å². The molecule has 2 nitrogen and oxygen atoms in total. The third kappa shape index (κ3) is 1.97. The predicted octanol–water partition coefficient (Wildman–Crippen LogP) is 2.72. The highest BCUT2D eigenvalue weighted by atomic mass is 16.1. The number of hydrogen-bond donors (Lipinski definition) is 1. The SMILES string of the molecule is CCc1ccc2c(c1)C(CC(N)=O)CC2C. The van der Waals surface area contributed by atoms with Gasteiger partial charge in [-0.05, 0) is 41.4 Å². The molecule has 0 aliphatic heterocycles. The Morgan fingerprint density at radius 2 is 2.19 bits per heavy atom. The highest BCUT2D eigenvalue weighted by Crippen LogP contribution is 2.43. The van der Waals surface area contributed by atoms with E-state index in [-0.39, 0.29) is 5.91 Å². The molecule has 1 amide bonds. The van der Waals surface area contributed by atoms with Gasteiger partial charge in [0, 0.05) is 6.42 Å². The molecule has 86 valence electrons. The lowest BCUT2D eigenvalue weighted by molar-refractivity contribution is -0.118. The molecule has 1 aromatic rings. The zero-order chi connectivity index (χ0) is 11.7. The third-order valence-electron chi connectivity index (χ3n) is 3.62. The van der Waals surface area contributed by atoms with Crippen LogP contribution in [0.15, 0.2) is 18.2 Å². The second-order valence-corrected chi connectivity index (χ2v) is 4.82. The van der Waals surface area contributed by atoms with Crippen molar-refractivity contribution in [2.24, 2.45) is 5.73 Å². The highest BCUT2D eigenvalue weighted by molar-refractivity contribution is 5.75. The van der Waals surface area contributed by atoms with Gasteiger partial charge in [0.1, 0.15) is 0 Å². The largest absolute Gasteiger partial charge is 0.370 e. The second kappa shape index (κ2) is 4.28. The van der Waals surface area contributed by atoms with Crippen LogP contribution in [0.3, 0.4) is 0 Å². The van der Waals surface area contributed by atoms with Crippen molar-refractivity contribution in [1.29, 1.82) is 0 Å². The zero-order valence-corrected chi connectivity index (χ0v) is 9.99. The van der Waals surface area contributed by atoms with Gasteiger partial charge in [0.15, 0.2) is 0 Å². The van der Waals surface area contributed by atoms with Gasteiger partial charge in [-0.1, -0.05) is 32.0 Å². The highest BCUT2D eigenvalue weighted by Gasteiger charge is 2.29. The molecule has 0 heterocycles. The van der Waals surface area contributed by atoms with Gasteiger partial charge in [-0.3, -0.25) is 4.79 Å². The molecule has 2 rings (SSSR count). The normalized spacial score (nSPS) is 23.1. The molecule has 1 aromatic carbocycles. The molecule has 1 aliphatic carbocycles. The van der Waals surface area contributed by atoms with Crippen LogP contribution in [0.25, 0.3) is 0 Å². The van der Waals surface area contributed by atoms with Crippen molar-refractivity contribution >= 4 is 5.91 Å². The minimum absolute atomic E-state index is 0.188. The molecular weight excluding hydrogens is 198 g/mol. The number of aryl methyl sites for hydroxylation is 1. The number of amides is 1. The summed E-state index contributed by atoms with van der Waals surface area (Å²) in [6.45, 7) is 4.38. The van der Waals surface area contributed by atoms with Crippen molar-refractivity contribution < 1.29 is 4.79 Å². The van der Waals surface area contributed by atoms with Crippen molar-refractivity contribution in [3.05, 3.63) is 34.9 Å². The Kier molecular flexibility index (Phi) is 2.99. The lowest BCUT2D eigenvalue weighted by atomic mass is 9.95. The number of fused-ring (bicyclic) bond motifs is 1. The summed E-state index contributed by atoms with van der Waals surface area (Å²) in [5, 5.41) is 0. The van der Waals surface area contributed by atoms with Gasteiger partial charge in [0.2, 0.25) is 5.91 Å². The first kappa shape index (κ1) is 11.2. The molecule has 0 saturated heterocycles. The maximum absolute atomic E-state index is 11.0. The van der Waals surface area contributed by atoms with Gasteiger partial charge >= 0.3 is 0 Å². The summed E-state index contributed by atoms with van der Waals surface area (Å²) >= 11 is 0. The van der Waals surface area contributed by atoms with Crippen molar-refractivity contribution in [2.45, 2.75) is 44.9 Å². The van der Waals surface area contributed by atoms with Gasteiger partial charge in [0.25, 0.3) is 0 Å². The molecule has 2 heteroatoms. The maximum atomic E-state index is 11.0. The van der Waals surface area contributed by atoms with Crippen LogP contribution in [-0.2, 0) is 11.2 Å². The molecule has 0 fully saturated rings. The van der Waals surface area contributed by atoms with Crippen LogP contribution in [0, 0.1) is 0 Å². The minimum atomic E-state index is -0.188. The molecule has 2 unspecified atom stereocenters. The fraction of sp³-hybridized carbons (Fsp3) is 0.500. The number of benzene rings is 1. The van der Waals surface area contributed by atoms with Gasteiger partial charge < -0.3 is 5.73 Å². The van der Waals surface area contributed by atoms with Crippen LogP contribution in [0.2, 0.25) is 0 Å². The van der Waals surface area contributed by atoms with Gasteiger partial charge in [-0.2, -0.15) is 0 Å². The number of carbonyl (C=O) groups is 1. The average molecular weight is 217 g/mol. The lowest BCUT2D eigenvalue weighted by Gasteiger charge is -2.10. The van der Waals surface area contributed by atoms with Gasteiger partial charge in [0.05, 0.1) is 0 Å². The molecule has 0 saturated carbocycles. The van der Waals surface area contributed by atoms with Crippen molar-refractivity contribution in [3.8, 4) is 0 Å². The molecule has 2 atom stereocenters. The van der Waals surface area contributed by atoms with E-state index in [1.807, 2.05) is 0 Å². The fourth-order valence-corrected chi connectivity index (χ4v) is 2.76. The van der Waals surface area contributed by atoms with Crippen molar-refractivity contribution in [1.82, 2.24) is 0 Å². The Balaban J connectivity index is 2.34. The molecule has 0 aromatic heterocycles.